The fourth-order valence-electron chi connectivity index (χ4n) is 1.83. The first kappa shape index (κ1) is 21.0. The Morgan fingerprint density at radius 2 is 1.96 bits per heavy atom. The maximum Gasteiger partial charge on any atom is 0.260 e. The molecule has 0 radical (unpaired) electrons. The van der Waals surface area contributed by atoms with Crippen LogP contribution in [-0.2, 0) is 11.2 Å². The van der Waals surface area contributed by atoms with Crippen molar-refractivity contribution >= 4 is 36.4 Å². The van der Waals surface area contributed by atoms with E-state index in [0.717, 1.165) is 17.7 Å². The summed E-state index contributed by atoms with van der Waals surface area (Å²) in [6.45, 7) is 2.27. The molecule has 1 atom stereocenters. The van der Waals surface area contributed by atoms with E-state index < -0.39 is 6.10 Å². The Morgan fingerprint density at radius 1 is 1.26 bits per heavy atom. The summed E-state index contributed by atoms with van der Waals surface area (Å²) in [5.74, 6) is 0.438. The van der Waals surface area contributed by atoms with Crippen molar-refractivity contribution in [3.63, 3.8) is 0 Å². The van der Waals surface area contributed by atoms with Gasteiger partial charge in [-0.05, 0) is 43.2 Å². The van der Waals surface area contributed by atoms with Gasteiger partial charge >= 0.3 is 0 Å². The number of nitrogens with two attached hydrogens (primary N) is 1. The van der Waals surface area contributed by atoms with E-state index in [2.05, 4.69) is 10.3 Å². The summed E-state index contributed by atoms with van der Waals surface area (Å²) in [4.78, 5) is 15.9. The Morgan fingerprint density at radius 3 is 2.57 bits per heavy atom. The minimum Gasteiger partial charge on any atom is -0.479 e. The zero-order valence-electron chi connectivity index (χ0n) is 12.8. The number of nitrogen functional groups attached to an aromatic ring is 1. The number of pyridine rings is 1. The van der Waals surface area contributed by atoms with E-state index in [1.165, 1.54) is 0 Å². The van der Waals surface area contributed by atoms with Crippen LogP contribution in [0.25, 0.3) is 0 Å². The molecule has 0 aliphatic heterocycles. The highest BCUT2D eigenvalue weighted by atomic mass is 35.5. The number of amides is 1. The van der Waals surface area contributed by atoms with Crippen molar-refractivity contribution in [1.82, 2.24) is 10.3 Å². The van der Waals surface area contributed by atoms with Gasteiger partial charge in [-0.2, -0.15) is 0 Å². The van der Waals surface area contributed by atoms with Gasteiger partial charge in [0.15, 0.2) is 6.10 Å². The van der Waals surface area contributed by atoms with E-state index in [1.54, 1.807) is 31.5 Å². The lowest BCUT2D eigenvalue weighted by atomic mass is 10.1. The normalized spacial score (nSPS) is 10.7. The van der Waals surface area contributed by atoms with Gasteiger partial charge in [-0.25, -0.2) is 0 Å². The van der Waals surface area contributed by atoms with Gasteiger partial charge in [0.1, 0.15) is 5.75 Å². The zero-order chi connectivity index (χ0) is 15.1. The minimum absolute atomic E-state index is 0. The van der Waals surface area contributed by atoms with Crippen LogP contribution in [0.5, 0.6) is 5.75 Å². The predicted octanol–water partition coefficient (Wildman–Crippen LogP) is 2.63. The van der Waals surface area contributed by atoms with Gasteiger partial charge in [0, 0.05) is 18.4 Å². The summed E-state index contributed by atoms with van der Waals surface area (Å²) in [5, 5.41) is 2.85. The van der Waals surface area contributed by atoms with Crippen LogP contribution in [0.3, 0.4) is 0 Å². The number of hydrogen-bond acceptors (Lipinski definition) is 4. The summed E-state index contributed by atoms with van der Waals surface area (Å²) in [7, 11) is 0. The minimum atomic E-state index is -0.555. The van der Waals surface area contributed by atoms with E-state index in [0.29, 0.717) is 12.3 Å². The van der Waals surface area contributed by atoms with Gasteiger partial charge in [0.25, 0.3) is 5.91 Å². The van der Waals surface area contributed by atoms with Crippen molar-refractivity contribution in [3.05, 3.63) is 54.4 Å². The quantitative estimate of drug-likeness (QED) is 0.779. The molecule has 1 amide bonds. The van der Waals surface area contributed by atoms with E-state index in [-0.39, 0.29) is 30.7 Å². The van der Waals surface area contributed by atoms with Crippen molar-refractivity contribution in [2.75, 3.05) is 12.3 Å². The number of anilines is 1. The second kappa shape index (κ2) is 10.7. The first-order chi connectivity index (χ1) is 10.1. The molecule has 5 nitrogen and oxygen atoms in total. The summed E-state index contributed by atoms with van der Waals surface area (Å²) in [6, 6.07) is 11.1. The van der Waals surface area contributed by atoms with Crippen molar-refractivity contribution in [2.45, 2.75) is 19.4 Å². The highest BCUT2D eigenvalue weighted by Crippen LogP contribution is 2.09. The number of rotatable bonds is 6. The predicted molar refractivity (Wildman–Crippen MR) is 96.4 cm³/mol. The van der Waals surface area contributed by atoms with Gasteiger partial charge in [-0.15, -0.1) is 24.8 Å². The molecule has 0 saturated heterocycles. The van der Waals surface area contributed by atoms with E-state index in [1.807, 2.05) is 24.3 Å². The van der Waals surface area contributed by atoms with Gasteiger partial charge in [-0.1, -0.05) is 12.1 Å². The number of nitrogens with one attached hydrogen (secondary N) is 1. The van der Waals surface area contributed by atoms with Crippen LogP contribution in [0.4, 0.5) is 5.69 Å². The standard InChI is InChI=1S/C16H19N3O2.2ClH/c1-12(21-15-3-2-9-18-11-15)16(20)19-10-8-13-4-6-14(17)7-5-13;;/h2-7,9,11-12H,8,10,17H2,1H3,(H,19,20);2*1H. The molecular weight excluding hydrogens is 337 g/mol. The van der Waals surface area contributed by atoms with Crippen molar-refractivity contribution in [1.29, 1.82) is 0 Å². The number of ether oxygens (including phenoxy) is 1. The van der Waals surface area contributed by atoms with E-state index in [9.17, 15) is 4.79 Å². The lowest BCUT2D eigenvalue weighted by molar-refractivity contribution is -0.127. The lowest BCUT2D eigenvalue weighted by Crippen LogP contribution is -2.37. The van der Waals surface area contributed by atoms with Crippen molar-refractivity contribution in [2.24, 2.45) is 0 Å². The molecule has 0 aliphatic rings. The van der Waals surface area contributed by atoms with Crippen LogP contribution >= 0.6 is 24.8 Å². The molecule has 23 heavy (non-hydrogen) atoms. The van der Waals surface area contributed by atoms with Crippen LogP contribution in [-0.4, -0.2) is 23.5 Å². The lowest BCUT2D eigenvalue weighted by Gasteiger charge is -2.14. The number of hydrogen-bond donors (Lipinski definition) is 2. The number of aromatic nitrogens is 1. The second-order valence-electron chi connectivity index (χ2n) is 4.73. The molecule has 0 aliphatic carbocycles. The molecular formula is C16H21Cl2N3O2. The van der Waals surface area contributed by atoms with Gasteiger partial charge in [0.2, 0.25) is 0 Å². The number of halogens is 2. The number of carbonyl (C=O) groups is 1. The molecule has 0 bridgehead atoms. The molecule has 0 spiro atoms. The number of nitrogens with zero attached hydrogens (tertiary/aromatic N) is 1. The molecule has 3 N–H and O–H groups in total. The Hall–Kier alpha value is -1.98. The van der Waals surface area contributed by atoms with Gasteiger partial charge in [-0.3, -0.25) is 9.78 Å². The summed E-state index contributed by atoms with van der Waals surface area (Å²) in [5.41, 5.74) is 7.49. The van der Waals surface area contributed by atoms with Crippen LogP contribution in [0.1, 0.15) is 12.5 Å². The third kappa shape index (κ3) is 7.21. The Bertz CT molecular complexity index is 580. The molecule has 7 heteroatoms. The van der Waals surface area contributed by atoms with Crippen LogP contribution in [0.15, 0.2) is 48.8 Å². The van der Waals surface area contributed by atoms with Crippen LogP contribution in [0.2, 0.25) is 0 Å². The van der Waals surface area contributed by atoms with Gasteiger partial charge in [0.05, 0.1) is 6.20 Å². The Balaban J connectivity index is 0.00000242. The summed E-state index contributed by atoms with van der Waals surface area (Å²) >= 11 is 0. The van der Waals surface area contributed by atoms with Crippen molar-refractivity contribution < 1.29 is 9.53 Å². The monoisotopic (exact) mass is 357 g/mol. The zero-order valence-corrected chi connectivity index (χ0v) is 14.4. The average Bonchev–Trinajstić information content (AvgIpc) is 2.50. The van der Waals surface area contributed by atoms with Crippen LogP contribution < -0.4 is 15.8 Å². The third-order valence-corrected chi connectivity index (χ3v) is 3.01. The molecule has 1 unspecified atom stereocenters. The molecule has 1 aromatic carbocycles. The largest absolute Gasteiger partial charge is 0.479 e. The van der Waals surface area contributed by atoms with Crippen LogP contribution in [0, 0.1) is 0 Å². The topological polar surface area (TPSA) is 77.2 Å². The third-order valence-electron chi connectivity index (χ3n) is 3.01. The molecule has 1 heterocycles. The SMILES string of the molecule is CC(Oc1cccnc1)C(=O)NCCc1ccc(N)cc1.Cl.Cl. The Kier molecular flexibility index (Phi) is 9.78. The molecule has 1 aromatic heterocycles. The van der Waals surface area contributed by atoms with E-state index >= 15 is 0 Å². The second-order valence-corrected chi connectivity index (χ2v) is 4.73. The molecule has 0 fully saturated rings. The Labute approximate surface area is 148 Å². The first-order valence-corrected chi connectivity index (χ1v) is 6.84. The fraction of sp³-hybridized carbons (Fsp3) is 0.250. The highest BCUT2D eigenvalue weighted by molar-refractivity contribution is 5.85. The van der Waals surface area contributed by atoms with E-state index in [4.69, 9.17) is 10.5 Å². The fourth-order valence-corrected chi connectivity index (χ4v) is 1.83. The molecule has 126 valence electrons. The summed E-state index contributed by atoms with van der Waals surface area (Å²) < 4.78 is 5.50. The number of carbonyl (C=O) groups excluding carboxylic acids is 1. The highest BCUT2D eigenvalue weighted by Gasteiger charge is 2.13. The molecule has 2 aromatic rings. The van der Waals surface area contributed by atoms with Gasteiger partial charge < -0.3 is 15.8 Å². The van der Waals surface area contributed by atoms with Crippen molar-refractivity contribution in [3.8, 4) is 5.75 Å². The molecule has 0 saturated carbocycles. The smallest absolute Gasteiger partial charge is 0.260 e. The maximum atomic E-state index is 11.9. The maximum absolute atomic E-state index is 11.9. The summed E-state index contributed by atoms with van der Waals surface area (Å²) in [6.07, 6.45) is 3.44. The average molecular weight is 358 g/mol. The first-order valence-electron chi connectivity index (χ1n) is 6.84. The molecule has 2 rings (SSSR count). The number of benzene rings is 1.